The monoisotopic (exact) mass is 213 g/mol. The molecular weight excluding hydrogens is 202 g/mol. The number of hydrogen-bond acceptors (Lipinski definition) is 4. The molecule has 0 aliphatic heterocycles. The molecule has 0 radical (unpaired) electrons. The van der Waals surface area contributed by atoms with Gasteiger partial charge in [-0.1, -0.05) is 12.2 Å². The average Bonchev–Trinajstić information content (AvgIpc) is 2.47. The molecule has 1 amide bonds. The fraction of sp³-hybridized carbons (Fsp3) is 0.375. The van der Waals surface area contributed by atoms with E-state index < -0.39 is 0 Å². The fourth-order valence-electron chi connectivity index (χ4n) is 0.878. The van der Waals surface area contributed by atoms with Gasteiger partial charge in [0.05, 0.1) is 24.2 Å². The molecular formula is C8H11N3O2S. The molecule has 0 aromatic carbocycles. The molecule has 0 saturated carbocycles. The predicted octanol–water partition coefficient (Wildman–Crippen LogP) is 0.275. The van der Waals surface area contributed by atoms with E-state index in [0.717, 1.165) is 0 Å². The lowest BCUT2D eigenvalue weighted by Crippen LogP contribution is -2.27. The molecule has 1 aromatic heterocycles. The maximum Gasteiger partial charge on any atom is 0.227 e. The summed E-state index contributed by atoms with van der Waals surface area (Å²) in [5.74, 6) is 0.954. The van der Waals surface area contributed by atoms with Crippen LogP contribution in [0.5, 0.6) is 0 Å². The standard InChI is InChI=1S/C8H11N3O2S/c1-5-3-11-8(13-5)4-10-7(12)2-6(9)14/h3H,2,4H2,1H3,(H2,9,14)(H,10,12). The van der Waals surface area contributed by atoms with Crippen molar-refractivity contribution in [3.05, 3.63) is 17.8 Å². The molecule has 5 nitrogen and oxygen atoms in total. The highest BCUT2D eigenvalue weighted by Crippen LogP contribution is 2.00. The van der Waals surface area contributed by atoms with Gasteiger partial charge in [0.15, 0.2) is 0 Å². The van der Waals surface area contributed by atoms with E-state index in [1.54, 1.807) is 13.1 Å². The second-order valence-corrected chi connectivity index (χ2v) is 3.31. The van der Waals surface area contributed by atoms with E-state index >= 15 is 0 Å². The van der Waals surface area contributed by atoms with Crippen molar-refractivity contribution in [3.63, 3.8) is 0 Å². The van der Waals surface area contributed by atoms with Gasteiger partial charge < -0.3 is 15.5 Å². The zero-order valence-corrected chi connectivity index (χ0v) is 8.56. The Kier molecular flexibility index (Phi) is 3.58. The Hall–Kier alpha value is -1.43. The molecule has 0 saturated heterocycles. The van der Waals surface area contributed by atoms with Crippen molar-refractivity contribution < 1.29 is 9.21 Å². The van der Waals surface area contributed by atoms with E-state index in [9.17, 15) is 4.79 Å². The van der Waals surface area contributed by atoms with Crippen LogP contribution in [0.25, 0.3) is 0 Å². The summed E-state index contributed by atoms with van der Waals surface area (Å²) in [5.41, 5.74) is 5.20. The minimum atomic E-state index is -0.228. The van der Waals surface area contributed by atoms with Crippen molar-refractivity contribution in [2.45, 2.75) is 19.9 Å². The summed E-state index contributed by atoms with van der Waals surface area (Å²) in [6.07, 6.45) is 1.64. The fourth-order valence-corrected chi connectivity index (χ4v) is 1.01. The van der Waals surface area contributed by atoms with Crippen LogP contribution >= 0.6 is 12.2 Å². The number of rotatable bonds is 4. The van der Waals surface area contributed by atoms with Crippen molar-refractivity contribution in [3.8, 4) is 0 Å². The Morgan fingerprint density at radius 2 is 2.50 bits per heavy atom. The lowest BCUT2D eigenvalue weighted by atomic mass is 10.4. The number of aromatic nitrogens is 1. The van der Waals surface area contributed by atoms with Crippen LogP contribution in [0.3, 0.4) is 0 Å². The van der Waals surface area contributed by atoms with E-state index in [4.69, 9.17) is 10.2 Å². The first kappa shape index (κ1) is 10.6. The largest absolute Gasteiger partial charge is 0.444 e. The van der Waals surface area contributed by atoms with Crippen LogP contribution < -0.4 is 11.1 Å². The van der Waals surface area contributed by atoms with Crippen molar-refractivity contribution >= 4 is 23.1 Å². The molecule has 0 aliphatic carbocycles. The normalized spacial score (nSPS) is 9.79. The first-order valence-corrected chi connectivity index (χ1v) is 4.45. The first-order valence-electron chi connectivity index (χ1n) is 4.04. The van der Waals surface area contributed by atoms with Gasteiger partial charge in [-0.3, -0.25) is 4.79 Å². The minimum Gasteiger partial charge on any atom is -0.444 e. The van der Waals surface area contributed by atoms with Crippen molar-refractivity contribution in [1.82, 2.24) is 10.3 Å². The van der Waals surface area contributed by atoms with Crippen LogP contribution in [-0.2, 0) is 11.3 Å². The van der Waals surface area contributed by atoms with Crippen molar-refractivity contribution in [2.24, 2.45) is 5.73 Å². The van der Waals surface area contributed by atoms with Crippen LogP contribution in [0, 0.1) is 6.92 Å². The summed E-state index contributed by atoms with van der Waals surface area (Å²) in [5, 5.41) is 2.58. The van der Waals surface area contributed by atoms with Gasteiger partial charge in [-0.15, -0.1) is 0 Å². The molecule has 14 heavy (non-hydrogen) atoms. The number of hydrogen-bond donors (Lipinski definition) is 2. The molecule has 1 heterocycles. The summed E-state index contributed by atoms with van der Waals surface area (Å²) in [4.78, 5) is 15.2. The smallest absolute Gasteiger partial charge is 0.227 e. The van der Waals surface area contributed by atoms with E-state index in [1.807, 2.05) is 0 Å². The summed E-state index contributed by atoms with van der Waals surface area (Å²) < 4.78 is 5.15. The number of carbonyl (C=O) groups is 1. The Morgan fingerprint density at radius 1 is 1.79 bits per heavy atom. The van der Waals surface area contributed by atoms with Gasteiger partial charge in [0, 0.05) is 0 Å². The maximum absolute atomic E-state index is 11.1. The zero-order chi connectivity index (χ0) is 10.6. The number of amides is 1. The lowest BCUT2D eigenvalue weighted by Gasteiger charge is -2.00. The van der Waals surface area contributed by atoms with E-state index in [-0.39, 0.29) is 23.9 Å². The molecule has 1 rings (SSSR count). The number of nitrogens with two attached hydrogens (primary N) is 1. The third-order valence-corrected chi connectivity index (χ3v) is 1.59. The molecule has 1 aromatic rings. The summed E-state index contributed by atoms with van der Waals surface area (Å²) in [7, 11) is 0. The Balaban J connectivity index is 2.34. The van der Waals surface area contributed by atoms with Crippen LogP contribution in [-0.4, -0.2) is 15.9 Å². The molecule has 3 N–H and O–H groups in total. The van der Waals surface area contributed by atoms with Gasteiger partial charge in [0.2, 0.25) is 11.8 Å². The highest BCUT2D eigenvalue weighted by atomic mass is 32.1. The highest BCUT2D eigenvalue weighted by Gasteiger charge is 2.05. The number of nitrogens with one attached hydrogen (secondary N) is 1. The lowest BCUT2D eigenvalue weighted by molar-refractivity contribution is -0.120. The first-order chi connectivity index (χ1) is 6.58. The van der Waals surface area contributed by atoms with Gasteiger partial charge in [-0.05, 0) is 6.92 Å². The molecule has 6 heteroatoms. The third kappa shape index (κ3) is 3.53. The average molecular weight is 213 g/mol. The van der Waals surface area contributed by atoms with Gasteiger partial charge >= 0.3 is 0 Å². The summed E-state index contributed by atoms with van der Waals surface area (Å²) in [6.45, 7) is 2.04. The van der Waals surface area contributed by atoms with Crippen molar-refractivity contribution in [2.75, 3.05) is 0 Å². The highest BCUT2D eigenvalue weighted by molar-refractivity contribution is 7.80. The quantitative estimate of drug-likeness (QED) is 0.702. The number of oxazole rings is 1. The molecule has 0 fully saturated rings. The van der Waals surface area contributed by atoms with Gasteiger partial charge in [-0.2, -0.15) is 0 Å². The van der Waals surface area contributed by atoms with Crippen LogP contribution in [0.1, 0.15) is 18.1 Å². The number of nitrogens with zero attached hydrogens (tertiary/aromatic N) is 1. The number of thiocarbonyl (C=S) groups is 1. The second kappa shape index (κ2) is 4.71. The van der Waals surface area contributed by atoms with Crippen molar-refractivity contribution in [1.29, 1.82) is 0 Å². The summed E-state index contributed by atoms with van der Waals surface area (Å²) >= 11 is 4.58. The van der Waals surface area contributed by atoms with E-state index in [2.05, 4.69) is 22.5 Å². The maximum atomic E-state index is 11.1. The molecule has 0 atom stereocenters. The Bertz CT molecular complexity index is 348. The third-order valence-electron chi connectivity index (χ3n) is 1.44. The zero-order valence-electron chi connectivity index (χ0n) is 7.74. The summed E-state index contributed by atoms with van der Waals surface area (Å²) in [6, 6.07) is 0. The van der Waals surface area contributed by atoms with Crippen LogP contribution in [0.15, 0.2) is 10.6 Å². The topological polar surface area (TPSA) is 81.2 Å². The van der Waals surface area contributed by atoms with Gasteiger partial charge in [-0.25, -0.2) is 4.98 Å². The minimum absolute atomic E-state index is 0.0506. The van der Waals surface area contributed by atoms with Gasteiger partial charge in [0.1, 0.15) is 5.76 Å². The molecule has 0 aliphatic rings. The predicted molar refractivity (Wildman–Crippen MR) is 54.5 cm³/mol. The Labute approximate surface area is 86.7 Å². The van der Waals surface area contributed by atoms with Gasteiger partial charge in [0.25, 0.3) is 0 Å². The molecule has 0 unspecified atom stereocenters. The molecule has 76 valence electrons. The second-order valence-electron chi connectivity index (χ2n) is 2.78. The Morgan fingerprint density at radius 3 is 3.00 bits per heavy atom. The van der Waals surface area contributed by atoms with E-state index in [1.165, 1.54) is 0 Å². The van der Waals surface area contributed by atoms with Crippen LogP contribution in [0.2, 0.25) is 0 Å². The SMILES string of the molecule is Cc1cnc(CNC(=O)CC(N)=S)o1. The number of aryl methyl sites for hydroxylation is 1. The van der Waals surface area contributed by atoms with E-state index in [0.29, 0.717) is 11.7 Å². The van der Waals surface area contributed by atoms with Crippen LogP contribution in [0.4, 0.5) is 0 Å². The molecule has 0 spiro atoms. The molecule has 0 bridgehead atoms. The number of carbonyl (C=O) groups excluding carboxylic acids is 1.